The lowest BCUT2D eigenvalue weighted by Crippen LogP contribution is -1.98. The second-order valence-electron chi connectivity index (χ2n) is 4.80. The molecule has 0 saturated carbocycles. The lowest BCUT2D eigenvalue weighted by Gasteiger charge is -2.16. The molecule has 1 unspecified atom stereocenters. The lowest BCUT2D eigenvalue weighted by molar-refractivity contribution is 0.373. The maximum absolute atomic E-state index is 9.91. The molecule has 0 amide bonds. The first-order valence-corrected chi connectivity index (χ1v) is 6.69. The van der Waals surface area contributed by atoms with E-state index in [1.54, 1.807) is 26.4 Å². The minimum Gasteiger partial charge on any atom is -0.504 e. The maximum atomic E-state index is 9.91. The summed E-state index contributed by atoms with van der Waals surface area (Å²) in [6, 6.07) is 11.2. The van der Waals surface area contributed by atoms with Crippen LogP contribution in [0.2, 0.25) is 0 Å². The monoisotopic (exact) mass is 288 g/mol. The van der Waals surface area contributed by atoms with Gasteiger partial charge in [-0.3, -0.25) is 0 Å². The summed E-state index contributed by atoms with van der Waals surface area (Å²) in [6.07, 6.45) is 0. The van der Waals surface area contributed by atoms with Gasteiger partial charge in [0.2, 0.25) is 0 Å². The summed E-state index contributed by atoms with van der Waals surface area (Å²) in [4.78, 5) is 0. The van der Waals surface area contributed by atoms with Crippen LogP contribution < -0.4 is 14.2 Å². The van der Waals surface area contributed by atoms with Crippen LogP contribution in [0.25, 0.3) is 0 Å². The first-order valence-electron chi connectivity index (χ1n) is 6.69. The molecule has 0 radical (unpaired) electrons. The highest BCUT2D eigenvalue weighted by molar-refractivity contribution is 5.47. The molecule has 4 nitrogen and oxygen atoms in total. The normalized spacial score (nSPS) is 11.8. The van der Waals surface area contributed by atoms with Crippen molar-refractivity contribution >= 4 is 0 Å². The van der Waals surface area contributed by atoms with Crippen molar-refractivity contribution in [1.82, 2.24) is 0 Å². The molecule has 0 aromatic heterocycles. The molecular weight excluding hydrogens is 268 g/mol. The van der Waals surface area contributed by atoms with Crippen LogP contribution in [-0.2, 0) is 0 Å². The summed E-state index contributed by atoms with van der Waals surface area (Å²) in [5.41, 5.74) is 2.04. The van der Waals surface area contributed by atoms with E-state index < -0.39 is 0 Å². The van der Waals surface area contributed by atoms with Gasteiger partial charge in [-0.15, -0.1) is 0 Å². The molecule has 2 rings (SSSR count). The quantitative estimate of drug-likeness (QED) is 0.913. The molecular formula is C17H20O4. The molecule has 2 aromatic rings. The van der Waals surface area contributed by atoms with E-state index in [-0.39, 0.29) is 11.7 Å². The average molecular weight is 288 g/mol. The highest BCUT2D eigenvalue weighted by Crippen LogP contribution is 2.35. The summed E-state index contributed by atoms with van der Waals surface area (Å²) >= 11 is 0. The number of benzene rings is 2. The molecule has 2 aromatic carbocycles. The molecule has 0 aliphatic carbocycles. The summed E-state index contributed by atoms with van der Waals surface area (Å²) in [5, 5.41) is 9.91. The van der Waals surface area contributed by atoms with Gasteiger partial charge in [0.15, 0.2) is 11.5 Å². The van der Waals surface area contributed by atoms with E-state index in [2.05, 4.69) is 6.92 Å². The Morgan fingerprint density at radius 1 is 0.810 bits per heavy atom. The second kappa shape index (κ2) is 6.39. The standard InChI is InChI=1S/C17H20O4/c1-11(12-5-6-17(21-4)16(18)9-12)13-7-14(19-2)10-15(8-13)20-3/h5-11,18H,1-4H3. The van der Waals surface area contributed by atoms with Gasteiger partial charge in [0.05, 0.1) is 21.3 Å². The maximum Gasteiger partial charge on any atom is 0.160 e. The van der Waals surface area contributed by atoms with Gasteiger partial charge in [0, 0.05) is 12.0 Å². The predicted octanol–water partition coefficient (Wildman–Crippen LogP) is 3.57. The van der Waals surface area contributed by atoms with Crippen LogP contribution in [-0.4, -0.2) is 26.4 Å². The van der Waals surface area contributed by atoms with Gasteiger partial charge >= 0.3 is 0 Å². The van der Waals surface area contributed by atoms with Gasteiger partial charge < -0.3 is 19.3 Å². The molecule has 0 aliphatic heterocycles. The first-order chi connectivity index (χ1) is 10.1. The smallest absolute Gasteiger partial charge is 0.160 e. The fourth-order valence-corrected chi connectivity index (χ4v) is 2.25. The number of ether oxygens (including phenoxy) is 3. The van der Waals surface area contributed by atoms with Crippen LogP contribution in [0.3, 0.4) is 0 Å². The van der Waals surface area contributed by atoms with E-state index in [1.807, 2.05) is 24.3 Å². The van der Waals surface area contributed by atoms with E-state index in [4.69, 9.17) is 14.2 Å². The molecule has 0 saturated heterocycles. The third-order valence-electron chi connectivity index (χ3n) is 3.58. The van der Waals surface area contributed by atoms with Gasteiger partial charge in [-0.2, -0.15) is 0 Å². The number of methoxy groups -OCH3 is 3. The Bertz CT molecular complexity index is 600. The van der Waals surface area contributed by atoms with Gasteiger partial charge in [0.1, 0.15) is 11.5 Å². The highest BCUT2D eigenvalue weighted by Gasteiger charge is 2.13. The van der Waals surface area contributed by atoms with Crippen molar-refractivity contribution in [2.45, 2.75) is 12.8 Å². The Morgan fingerprint density at radius 3 is 1.90 bits per heavy atom. The van der Waals surface area contributed by atoms with E-state index in [0.717, 1.165) is 22.6 Å². The summed E-state index contributed by atoms with van der Waals surface area (Å²) in [5.74, 6) is 2.18. The highest BCUT2D eigenvalue weighted by atomic mass is 16.5. The fourth-order valence-electron chi connectivity index (χ4n) is 2.25. The van der Waals surface area contributed by atoms with Gasteiger partial charge in [0.25, 0.3) is 0 Å². The minimum atomic E-state index is 0.0887. The van der Waals surface area contributed by atoms with E-state index in [9.17, 15) is 5.11 Å². The lowest BCUT2D eigenvalue weighted by atomic mass is 9.92. The van der Waals surface area contributed by atoms with Crippen molar-refractivity contribution in [2.24, 2.45) is 0 Å². The van der Waals surface area contributed by atoms with E-state index in [0.29, 0.717) is 5.75 Å². The summed E-state index contributed by atoms with van der Waals surface area (Å²) < 4.78 is 15.7. The Labute approximate surface area is 124 Å². The van der Waals surface area contributed by atoms with E-state index >= 15 is 0 Å². The largest absolute Gasteiger partial charge is 0.504 e. The van der Waals surface area contributed by atoms with Crippen molar-refractivity contribution in [2.75, 3.05) is 21.3 Å². The second-order valence-corrected chi connectivity index (χ2v) is 4.80. The minimum absolute atomic E-state index is 0.0887. The molecule has 0 fully saturated rings. The summed E-state index contributed by atoms with van der Waals surface area (Å²) in [6.45, 7) is 2.06. The zero-order valence-electron chi connectivity index (χ0n) is 12.7. The molecule has 4 heteroatoms. The van der Waals surface area contributed by atoms with Gasteiger partial charge in [-0.05, 0) is 35.4 Å². The molecule has 0 bridgehead atoms. The van der Waals surface area contributed by atoms with Crippen LogP contribution in [0.1, 0.15) is 24.0 Å². The fraction of sp³-hybridized carbons (Fsp3) is 0.294. The number of phenols is 1. The van der Waals surface area contributed by atoms with Crippen LogP contribution in [0.4, 0.5) is 0 Å². The first kappa shape index (κ1) is 15.0. The number of hydrogen-bond acceptors (Lipinski definition) is 4. The predicted molar refractivity (Wildman–Crippen MR) is 81.7 cm³/mol. The Balaban J connectivity index is 2.39. The van der Waals surface area contributed by atoms with Crippen molar-refractivity contribution in [3.63, 3.8) is 0 Å². The van der Waals surface area contributed by atoms with Crippen LogP contribution in [0, 0.1) is 0 Å². The number of aromatic hydroxyl groups is 1. The molecule has 1 N–H and O–H groups in total. The van der Waals surface area contributed by atoms with Gasteiger partial charge in [-0.1, -0.05) is 13.0 Å². The van der Waals surface area contributed by atoms with Crippen molar-refractivity contribution in [3.05, 3.63) is 47.5 Å². The van der Waals surface area contributed by atoms with Crippen LogP contribution in [0.5, 0.6) is 23.0 Å². The van der Waals surface area contributed by atoms with Crippen molar-refractivity contribution in [3.8, 4) is 23.0 Å². The summed E-state index contributed by atoms with van der Waals surface area (Å²) in [7, 11) is 4.79. The molecule has 1 atom stereocenters. The Hall–Kier alpha value is -2.36. The van der Waals surface area contributed by atoms with Gasteiger partial charge in [-0.25, -0.2) is 0 Å². The van der Waals surface area contributed by atoms with Crippen molar-refractivity contribution < 1.29 is 19.3 Å². The Morgan fingerprint density at radius 2 is 1.43 bits per heavy atom. The van der Waals surface area contributed by atoms with Crippen LogP contribution in [0.15, 0.2) is 36.4 Å². The number of phenolic OH excluding ortho intramolecular Hbond substituents is 1. The SMILES string of the molecule is COc1cc(OC)cc(C(C)c2ccc(OC)c(O)c2)c1. The third-order valence-corrected chi connectivity index (χ3v) is 3.58. The molecule has 0 spiro atoms. The number of rotatable bonds is 5. The van der Waals surface area contributed by atoms with Crippen molar-refractivity contribution in [1.29, 1.82) is 0 Å². The average Bonchev–Trinajstić information content (AvgIpc) is 2.53. The zero-order valence-corrected chi connectivity index (χ0v) is 12.7. The molecule has 21 heavy (non-hydrogen) atoms. The van der Waals surface area contributed by atoms with E-state index in [1.165, 1.54) is 7.11 Å². The molecule has 112 valence electrons. The zero-order chi connectivity index (χ0) is 15.4. The topological polar surface area (TPSA) is 47.9 Å². The molecule has 0 heterocycles. The van der Waals surface area contributed by atoms with Crippen LogP contribution >= 0.6 is 0 Å². The number of hydrogen-bond donors (Lipinski definition) is 1. The Kier molecular flexibility index (Phi) is 4.58. The third kappa shape index (κ3) is 3.21. The molecule has 0 aliphatic rings.